The van der Waals surface area contributed by atoms with E-state index in [0.29, 0.717) is 5.88 Å². The molecule has 1 heterocycles. The number of rotatable bonds is 8. The van der Waals surface area contributed by atoms with Gasteiger partial charge in [-0.3, -0.25) is 0 Å². The van der Waals surface area contributed by atoms with Crippen LogP contribution >= 0.6 is 0 Å². The highest BCUT2D eigenvalue weighted by molar-refractivity contribution is 5.70. The van der Waals surface area contributed by atoms with E-state index >= 15 is 0 Å². The molecule has 0 fully saturated rings. The van der Waals surface area contributed by atoms with E-state index < -0.39 is 0 Å². The Morgan fingerprint density at radius 1 is 0.929 bits per heavy atom. The van der Waals surface area contributed by atoms with Crippen LogP contribution in [-0.2, 0) is 6.54 Å². The molecule has 5 heteroatoms. The maximum Gasteiger partial charge on any atom is 0.212 e. The predicted octanol–water partition coefficient (Wildman–Crippen LogP) is 4.63. The van der Waals surface area contributed by atoms with Crippen LogP contribution in [0.3, 0.4) is 0 Å². The van der Waals surface area contributed by atoms with Crippen LogP contribution in [0.4, 0.5) is 0 Å². The van der Waals surface area contributed by atoms with Crippen LogP contribution in [-0.4, -0.2) is 26.3 Å². The first-order valence-electron chi connectivity index (χ1n) is 9.19. The lowest BCUT2D eigenvalue weighted by Crippen LogP contribution is -2.18. The molecule has 146 valence electrons. The minimum Gasteiger partial charge on any atom is -0.497 e. The van der Waals surface area contributed by atoms with Gasteiger partial charge in [-0.15, -0.1) is 0 Å². The number of ether oxygens (including phenoxy) is 3. The quantitative estimate of drug-likeness (QED) is 0.620. The van der Waals surface area contributed by atoms with Crippen molar-refractivity contribution in [1.82, 2.24) is 10.3 Å². The number of benzene rings is 2. The summed E-state index contributed by atoms with van der Waals surface area (Å²) >= 11 is 0. The summed E-state index contributed by atoms with van der Waals surface area (Å²) < 4.78 is 16.0. The van der Waals surface area contributed by atoms with Gasteiger partial charge in [0.15, 0.2) is 0 Å². The Hall–Kier alpha value is -3.05. The smallest absolute Gasteiger partial charge is 0.212 e. The number of methoxy groups -OCH3 is 3. The molecule has 0 radical (unpaired) electrons. The van der Waals surface area contributed by atoms with Gasteiger partial charge in [-0.05, 0) is 48.4 Å². The van der Waals surface area contributed by atoms with Crippen LogP contribution < -0.4 is 19.5 Å². The van der Waals surface area contributed by atoms with Crippen LogP contribution in [0.15, 0.2) is 60.8 Å². The first-order valence-corrected chi connectivity index (χ1v) is 9.19. The molecule has 5 nitrogen and oxygen atoms in total. The van der Waals surface area contributed by atoms with Crippen molar-refractivity contribution in [3.05, 3.63) is 71.9 Å². The number of nitrogens with one attached hydrogen (secondary N) is 1. The number of hydrogen-bond acceptors (Lipinski definition) is 5. The summed E-state index contributed by atoms with van der Waals surface area (Å²) in [5, 5.41) is 3.57. The highest BCUT2D eigenvalue weighted by atomic mass is 16.5. The fourth-order valence-corrected chi connectivity index (χ4v) is 3.05. The first-order chi connectivity index (χ1) is 13.6. The van der Waals surface area contributed by atoms with E-state index in [1.807, 2.05) is 30.3 Å². The number of hydrogen-bond donors (Lipinski definition) is 1. The average molecular weight is 378 g/mol. The number of aromatic nitrogens is 1. The van der Waals surface area contributed by atoms with Gasteiger partial charge < -0.3 is 19.5 Å². The van der Waals surface area contributed by atoms with Gasteiger partial charge in [-0.1, -0.05) is 18.2 Å². The molecule has 2 aromatic carbocycles. The summed E-state index contributed by atoms with van der Waals surface area (Å²) in [4.78, 5) is 4.30. The highest BCUT2D eigenvalue weighted by Crippen LogP contribution is 2.31. The van der Waals surface area contributed by atoms with Crippen molar-refractivity contribution < 1.29 is 14.2 Å². The van der Waals surface area contributed by atoms with Gasteiger partial charge in [0.2, 0.25) is 5.88 Å². The zero-order valence-electron chi connectivity index (χ0n) is 16.7. The third kappa shape index (κ3) is 4.61. The standard InChI is InChI=1S/C23H26N2O3/c1-16(18-6-5-7-20(13-18)26-2)24-14-17-8-10-22(27-3)21(12-17)19-9-11-23(28-4)25-15-19/h5-13,15-16,24H,14H2,1-4H3. The average Bonchev–Trinajstić information content (AvgIpc) is 2.77. The van der Waals surface area contributed by atoms with Gasteiger partial charge >= 0.3 is 0 Å². The second-order valence-electron chi connectivity index (χ2n) is 6.50. The molecule has 3 aromatic rings. The fraction of sp³-hybridized carbons (Fsp3) is 0.261. The molecular weight excluding hydrogens is 352 g/mol. The Labute approximate surface area is 166 Å². The van der Waals surface area contributed by atoms with E-state index in [1.165, 1.54) is 11.1 Å². The first kappa shape index (κ1) is 19.7. The largest absolute Gasteiger partial charge is 0.497 e. The second kappa shape index (κ2) is 9.24. The van der Waals surface area contributed by atoms with Crippen LogP contribution in [0.5, 0.6) is 17.4 Å². The van der Waals surface area contributed by atoms with Crippen molar-refractivity contribution in [1.29, 1.82) is 0 Å². The molecule has 0 aliphatic rings. The maximum absolute atomic E-state index is 5.54. The molecule has 1 atom stereocenters. The Kier molecular flexibility index (Phi) is 6.50. The van der Waals surface area contributed by atoms with E-state index in [-0.39, 0.29) is 6.04 Å². The van der Waals surface area contributed by atoms with E-state index in [2.05, 4.69) is 41.5 Å². The van der Waals surface area contributed by atoms with Gasteiger partial charge in [-0.2, -0.15) is 0 Å². The molecule has 3 rings (SSSR count). The second-order valence-corrected chi connectivity index (χ2v) is 6.50. The molecule has 0 amide bonds. The van der Waals surface area contributed by atoms with E-state index in [4.69, 9.17) is 14.2 Å². The number of pyridine rings is 1. The third-order valence-corrected chi connectivity index (χ3v) is 4.73. The van der Waals surface area contributed by atoms with E-state index in [1.54, 1.807) is 27.5 Å². The molecule has 0 aliphatic heterocycles. The zero-order valence-corrected chi connectivity index (χ0v) is 16.7. The molecule has 28 heavy (non-hydrogen) atoms. The summed E-state index contributed by atoms with van der Waals surface area (Å²) in [6, 6.07) is 18.4. The van der Waals surface area contributed by atoms with E-state index in [9.17, 15) is 0 Å². The molecule has 0 bridgehead atoms. The fourth-order valence-electron chi connectivity index (χ4n) is 3.05. The molecule has 0 saturated carbocycles. The summed E-state index contributed by atoms with van der Waals surface area (Å²) in [6.45, 7) is 2.88. The van der Waals surface area contributed by atoms with Crippen molar-refractivity contribution in [2.75, 3.05) is 21.3 Å². The molecule has 0 aliphatic carbocycles. The molecule has 0 spiro atoms. The Bertz CT molecular complexity index is 910. The van der Waals surface area contributed by atoms with Crippen molar-refractivity contribution in [3.8, 4) is 28.5 Å². The lowest BCUT2D eigenvalue weighted by atomic mass is 10.0. The molecule has 0 saturated heterocycles. The van der Waals surface area contributed by atoms with Gasteiger partial charge in [0, 0.05) is 36.0 Å². The van der Waals surface area contributed by atoms with Crippen molar-refractivity contribution >= 4 is 0 Å². The van der Waals surface area contributed by atoms with Crippen LogP contribution in [0.1, 0.15) is 24.1 Å². The Morgan fingerprint density at radius 2 is 1.79 bits per heavy atom. The topological polar surface area (TPSA) is 52.6 Å². The lowest BCUT2D eigenvalue weighted by Gasteiger charge is -2.16. The molecule has 1 N–H and O–H groups in total. The SMILES string of the molecule is COc1cccc(C(C)NCc2ccc(OC)c(-c3ccc(OC)nc3)c2)c1. The lowest BCUT2D eigenvalue weighted by molar-refractivity contribution is 0.398. The summed E-state index contributed by atoms with van der Waals surface area (Å²) in [5.41, 5.74) is 4.35. The molecular formula is C23H26N2O3. The third-order valence-electron chi connectivity index (χ3n) is 4.73. The van der Waals surface area contributed by atoms with Crippen LogP contribution in [0.2, 0.25) is 0 Å². The monoisotopic (exact) mass is 378 g/mol. The van der Waals surface area contributed by atoms with Crippen molar-refractivity contribution in [2.45, 2.75) is 19.5 Å². The predicted molar refractivity (Wildman–Crippen MR) is 111 cm³/mol. The van der Waals surface area contributed by atoms with Gasteiger partial charge in [0.05, 0.1) is 21.3 Å². The highest BCUT2D eigenvalue weighted by Gasteiger charge is 2.10. The Balaban J connectivity index is 1.77. The van der Waals surface area contributed by atoms with Crippen molar-refractivity contribution in [2.24, 2.45) is 0 Å². The van der Waals surface area contributed by atoms with Gasteiger partial charge in [0.25, 0.3) is 0 Å². The summed E-state index contributed by atoms with van der Waals surface area (Å²) in [7, 11) is 4.97. The summed E-state index contributed by atoms with van der Waals surface area (Å²) in [6.07, 6.45) is 1.80. The molecule has 1 unspecified atom stereocenters. The Morgan fingerprint density at radius 3 is 2.46 bits per heavy atom. The van der Waals surface area contributed by atoms with E-state index in [0.717, 1.165) is 29.2 Å². The molecule has 1 aromatic heterocycles. The normalized spacial score (nSPS) is 11.7. The zero-order chi connectivity index (χ0) is 19.9. The number of nitrogens with zero attached hydrogens (tertiary/aromatic N) is 1. The minimum atomic E-state index is 0.198. The van der Waals surface area contributed by atoms with Gasteiger partial charge in [0.1, 0.15) is 11.5 Å². The van der Waals surface area contributed by atoms with Gasteiger partial charge in [-0.25, -0.2) is 4.98 Å². The van der Waals surface area contributed by atoms with Crippen molar-refractivity contribution in [3.63, 3.8) is 0 Å². The maximum atomic E-state index is 5.54. The minimum absolute atomic E-state index is 0.198. The van der Waals surface area contributed by atoms with Crippen LogP contribution in [0, 0.1) is 0 Å². The summed E-state index contributed by atoms with van der Waals surface area (Å²) in [5.74, 6) is 2.27. The van der Waals surface area contributed by atoms with Crippen LogP contribution in [0.25, 0.3) is 11.1 Å².